The fraction of sp³-hybridized carbons (Fsp3) is 0.294. The predicted molar refractivity (Wildman–Crippen MR) is 87.9 cm³/mol. The molecular formula is C17H18BrFN2. The molecule has 110 valence electrons. The normalized spacial score (nSPS) is 15.8. The Bertz CT molecular complexity index is 640. The second-order valence-electron chi connectivity index (χ2n) is 5.46. The van der Waals surface area contributed by atoms with E-state index in [9.17, 15) is 4.39 Å². The van der Waals surface area contributed by atoms with Crippen molar-refractivity contribution >= 4 is 21.6 Å². The molecule has 0 saturated heterocycles. The number of nitrogens with two attached hydrogens (primary N) is 1. The maximum absolute atomic E-state index is 13.3. The van der Waals surface area contributed by atoms with E-state index in [-0.39, 0.29) is 11.9 Å². The highest BCUT2D eigenvalue weighted by atomic mass is 79.9. The van der Waals surface area contributed by atoms with Gasteiger partial charge in [-0.2, -0.15) is 0 Å². The first-order valence-electron chi connectivity index (χ1n) is 7.19. The van der Waals surface area contributed by atoms with Gasteiger partial charge in [0.25, 0.3) is 0 Å². The molecule has 0 amide bonds. The van der Waals surface area contributed by atoms with Crippen molar-refractivity contribution in [3.8, 4) is 0 Å². The average Bonchev–Trinajstić information content (AvgIpc) is 3.33. The van der Waals surface area contributed by atoms with E-state index in [2.05, 4.69) is 39.4 Å². The summed E-state index contributed by atoms with van der Waals surface area (Å²) >= 11 is 3.22. The first-order chi connectivity index (χ1) is 10.2. The summed E-state index contributed by atoms with van der Waals surface area (Å²) in [5, 5.41) is 3.41. The third kappa shape index (κ3) is 3.27. The molecule has 21 heavy (non-hydrogen) atoms. The van der Waals surface area contributed by atoms with Crippen molar-refractivity contribution in [2.45, 2.75) is 24.8 Å². The van der Waals surface area contributed by atoms with Crippen LogP contribution in [0.15, 0.2) is 46.9 Å². The number of anilines is 1. The molecule has 0 radical (unpaired) electrons. The molecule has 3 N–H and O–H groups in total. The number of rotatable bonds is 5. The van der Waals surface area contributed by atoms with E-state index in [4.69, 9.17) is 5.73 Å². The molecule has 4 heteroatoms. The third-order valence-corrected chi connectivity index (χ3v) is 4.49. The van der Waals surface area contributed by atoms with Crippen molar-refractivity contribution in [2.75, 3.05) is 11.9 Å². The molecule has 0 bridgehead atoms. The van der Waals surface area contributed by atoms with Crippen LogP contribution in [-0.4, -0.2) is 6.54 Å². The Morgan fingerprint density at radius 1 is 1.24 bits per heavy atom. The van der Waals surface area contributed by atoms with E-state index < -0.39 is 0 Å². The summed E-state index contributed by atoms with van der Waals surface area (Å²) in [5.74, 6) is 0.417. The van der Waals surface area contributed by atoms with Gasteiger partial charge in [-0.25, -0.2) is 4.39 Å². The molecule has 1 unspecified atom stereocenters. The highest BCUT2D eigenvalue weighted by molar-refractivity contribution is 9.10. The van der Waals surface area contributed by atoms with Crippen LogP contribution in [0.5, 0.6) is 0 Å². The minimum Gasteiger partial charge on any atom is -0.377 e. The molecule has 0 aromatic heterocycles. The quantitative estimate of drug-likeness (QED) is 0.829. The summed E-state index contributed by atoms with van der Waals surface area (Å²) in [7, 11) is 0. The molecule has 0 spiro atoms. The van der Waals surface area contributed by atoms with Crippen LogP contribution < -0.4 is 11.1 Å². The van der Waals surface area contributed by atoms with Crippen LogP contribution in [0, 0.1) is 5.82 Å². The van der Waals surface area contributed by atoms with Crippen LogP contribution in [0.3, 0.4) is 0 Å². The first kappa shape index (κ1) is 14.5. The highest BCUT2D eigenvalue weighted by Crippen LogP contribution is 2.43. The average molecular weight is 349 g/mol. The largest absolute Gasteiger partial charge is 0.377 e. The number of hydrogen-bond donors (Lipinski definition) is 2. The van der Waals surface area contributed by atoms with Crippen LogP contribution in [0.25, 0.3) is 0 Å². The van der Waals surface area contributed by atoms with Gasteiger partial charge in [0, 0.05) is 12.2 Å². The molecule has 2 nitrogen and oxygen atoms in total. The Balaban J connectivity index is 1.86. The zero-order valence-electron chi connectivity index (χ0n) is 11.7. The zero-order chi connectivity index (χ0) is 14.8. The summed E-state index contributed by atoms with van der Waals surface area (Å²) < 4.78 is 13.8. The van der Waals surface area contributed by atoms with Gasteiger partial charge in [0.15, 0.2) is 0 Å². The maximum atomic E-state index is 13.3. The predicted octanol–water partition coefficient (Wildman–Crippen LogP) is 4.58. The topological polar surface area (TPSA) is 38.0 Å². The Morgan fingerprint density at radius 2 is 2.00 bits per heavy atom. The minimum atomic E-state index is -0.261. The minimum absolute atomic E-state index is 0.0409. The van der Waals surface area contributed by atoms with Crippen LogP contribution in [0.2, 0.25) is 0 Å². The molecule has 1 aliphatic carbocycles. The SMILES string of the molecule is NCC(Nc1ccc(F)c(Br)c1)c1ccccc1C1CC1. The van der Waals surface area contributed by atoms with Gasteiger partial charge in [-0.15, -0.1) is 0 Å². The van der Waals surface area contributed by atoms with Crippen molar-refractivity contribution in [3.63, 3.8) is 0 Å². The summed E-state index contributed by atoms with van der Waals surface area (Å²) in [6, 6.07) is 13.4. The van der Waals surface area contributed by atoms with E-state index >= 15 is 0 Å². The standard InChI is InChI=1S/C17H18BrFN2/c18-15-9-12(7-8-16(15)19)21-17(10-20)14-4-2-1-3-13(14)11-5-6-11/h1-4,7-9,11,17,21H,5-6,10,20H2. The summed E-state index contributed by atoms with van der Waals surface area (Å²) in [5.41, 5.74) is 9.47. The van der Waals surface area contributed by atoms with Crippen LogP contribution >= 0.6 is 15.9 Å². The van der Waals surface area contributed by atoms with Crippen molar-refractivity contribution < 1.29 is 4.39 Å². The second-order valence-corrected chi connectivity index (χ2v) is 6.32. The molecule has 0 heterocycles. The Labute approximate surface area is 132 Å². The number of halogens is 2. The monoisotopic (exact) mass is 348 g/mol. The number of nitrogens with one attached hydrogen (secondary N) is 1. The van der Waals surface area contributed by atoms with Crippen LogP contribution in [-0.2, 0) is 0 Å². The number of benzene rings is 2. The Hall–Kier alpha value is -1.39. The van der Waals surface area contributed by atoms with E-state index in [1.54, 1.807) is 12.1 Å². The summed E-state index contributed by atoms with van der Waals surface area (Å²) in [4.78, 5) is 0. The van der Waals surface area contributed by atoms with Crippen LogP contribution in [0.4, 0.5) is 10.1 Å². The second kappa shape index (κ2) is 6.16. The van der Waals surface area contributed by atoms with Crippen molar-refractivity contribution in [2.24, 2.45) is 5.73 Å². The van der Waals surface area contributed by atoms with Gasteiger partial charge in [-0.1, -0.05) is 24.3 Å². The molecule has 2 aromatic carbocycles. The lowest BCUT2D eigenvalue weighted by atomic mass is 9.97. The zero-order valence-corrected chi connectivity index (χ0v) is 13.2. The summed E-state index contributed by atoms with van der Waals surface area (Å²) in [6.07, 6.45) is 2.52. The van der Waals surface area contributed by atoms with Crippen LogP contribution in [0.1, 0.15) is 35.9 Å². The smallest absolute Gasteiger partial charge is 0.137 e. The lowest BCUT2D eigenvalue weighted by molar-refractivity contribution is 0.621. The van der Waals surface area contributed by atoms with E-state index in [0.717, 1.165) is 5.69 Å². The van der Waals surface area contributed by atoms with E-state index in [1.165, 1.54) is 30.0 Å². The van der Waals surface area contributed by atoms with Gasteiger partial charge < -0.3 is 11.1 Å². The Morgan fingerprint density at radius 3 is 2.67 bits per heavy atom. The number of hydrogen-bond acceptors (Lipinski definition) is 2. The molecule has 1 saturated carbocycles. The van der Waals surface area contributed by atoms with Gasteiger partial charge >= 0.3 is 0 Å². The van der Waals surface area contributed by atoms with Gasteiger partial charge in [0.1, 0.15) is 5.82 Å². The summed E-state index contributed by atoms with van der Waals surface area (Å²) in [6.45, 7) is 0.499. The van der Waals surface area contributed by atoms with Gasteiger partial charge in [-0.3, -0.25) is 0 Å². The molecule has 2 aromatic rings. The van der Waals surface area contributed by atoms with Crippen molar-refractivity contribution in [1.29, 1.82) is 0 Å². The van der Waals surface area contributed by atoms with Gasteiger partial charge in [0.2, 0.25) is 0 Å². The van der Waals surface area contributed by atoms with Crippen molar-refractivity contribution in [1.82, 2.24) is 0 Å². The van der Waals surface area contributed by atoms with E-state index in [1.807, 2.05) is 6.07 Å². The molecule has 0 aliphatic heterocycles. The third-order valence-electron chi connectivity index (χ3n) is 3.88. The van der Waals surface area contributed by atoms with Gasteiger partial charge in [-0.05, 0) is 64.0 Å². The van der Waals surface area contributed by atoms with E-state index in [0.29, 0.717) is 16.9 Å². The molecule has 1 fully saturated rings. The molecule has 1 atom stereocenters. The van der Waals surface area contributed by atoms with Crippen molar-refractivity contribution in [3.05, 3.63) is 63.9 Å². The maximum Gasteiger partial charge on any atom is 0.137 e. The lowest BCUT2D eigenvalue weighted by Crippen LogP contribution is -2.21. The fourth-order valence-electron chi connectivity index (χ4n) is 2.65. The van der Waals surface area contributed by atoms with Gasteiger partial charge in [0.05, 0.1) is 10.5 Å². The molecule has 3 rings (SSSR count). The first-order valence-corrected chi connectivity index (χ1v) is 7.99. The molecule has 1 aliphatic rings. The molecular weight excluding hydrogens is 331 g/mol. The lowest BCUT2D eigenvalue weighted by Gasteiger charge is -2.22. The highest BCUT2D eigenvalue weighted by Gasteiger charge is 2.27. The Kier molecular flexibility index (Phi) is 4.27. The fourth-order valence-corrected chi connectivity index (χ4v) is 3.02.